The summed E-state index contributed by atoms with van der Waals surface area (Å²) in [5.41, 5.74) is -1.28. The highest BCUT2D eigenvalue weighted by Crippen LogP contribution is 2.36. The minimum Gasteiger partial charge on any atom is -0.495 e. The van der Waals surface area contributed by atoms with Crippen LogP contribution in [0.1, 0.15) is 5.56 Å². The molecule has 9 heteroatoms. The van der Waals surface area contributed by atoms with Gasteiger partial charge >= 0.3 is 6.18 Å². The van der Waals surface area contributed by atoms with Crippen molar-refractivity contribution in [1.29, 1.82) is 0 Å². The van der Waals surface area contributed by atoms with Crippen LogP contribution in [-0.4, -0.2) is 15.5 Å². The van der Waals surface area contributed by atoms with Gasteiger partial charge < -0.3 is 4.74 Å². The molecular formula is C14H11BrF3NO3S. The number of sulfonamides is 1. The number of rotatable bonds is 4. The Morgan fingerprint density at radius 2 is 1.78 bits per heavy atom. The largest absolute Gasteiger partial charge is 0.495 e. The molecule has 2 rings (SSSR count). The first-order chi connectivity index (χ1) is 10.6. The molecule has 23 heavy (non-hydrogen) atoms. The van der Waals surface area contributed by atoms with Crippen molar-refractivity contribution in [3.63, 3.8) is 0 Å². The number of nitrogens with one attached hydrogen (secondary N) is 1. The van der Waals surface area contributed by atoms with E-state index in [4.69, 9.17) is 4.74 Å². The first kappa shape index (κ1) is 17.6. The molecule has 0 saturated heterocycles. The average molecular weight is 410 g/mol. The van der Waals surface area contributed by atoms with Crippen LogP contribution < -0.4 is 9.46 Å². The van der Waals surface area contributed by atoms with Crippen molar-refractivity contribution in [1.82, 2.24) is 0 Å². The Bertz CT molecular complexity index is 822. The summed E-state index contributed by atoms with van der Waals surface area (Å²) in [6.07, 6.45) is -4.60. The fraction of sp³-hybridized carbons (Fsp3) is 0.143. The third-order valence-electron chi connectivity index (χ3n) is 2.90. The second-order valence-electron chi connectivity index (χ2n) is 4.45. The molecule has 0 aliphatic heterocycles. The van der Waals surface area contributed by atoms with Crippen molar-refractivity contribution in [3.05, 3.63) is 52.5 Å². The van der Waals surface area contributed by atoms with E-state index in [1.807, 2.05) is 0 Å². The number of ether oxygens (including phenoxy) is 1. The molecule has 0 bridgehead atoms. The van der Waals surface area contributed by atoms with Gasteiger partial charge in [0, 0.05) is 4.47 Å². The van der Waals surface area contributed by atoms with Gasteiger partial charge in [-0.1, -0.05) is 12.1 Å². The van der Waals surface area contributed by atoms with Gasteiger partial charge in [0.2, 0.25) is 0 Å². The second-order valence-corrected chi connectivity index (χ2v) is 6.95. The van der Waals surface area contributed by atoms with Crippen LogP contribution in [0.3, 0.4) is 0 Å². The maximum Gasteiger partial charge on any atom is 0.416 e. The molecule has 2 aromatic carbocycles. The standard InChI is InChI=1S/C14H11BrF3NO3S/c1-22-12-7-6-9(14(16,17)18)8-11(12)19-23(20,21)13-5-3-2-4-10(13)15/h2-8,19H,1H3. The van der Waals surface area contributed by atoms with E-state index < -0.39 is 21.8 Å². The minimum absolute atomic E-state index is 0.0198. The van der Waals surface area contributed by atoms with Gasteiger partial charge in [-0.3, -0.25) is 4.72 Å². The van der Waals surface area contributed by atoms with E-state index >= 15 is 0 Å². The lowest BCUT2D eigenvalue weighted by Crippen LogP contribution is -2.15. The van der Waals surface area contributed by atoms with Crippen molar-refractivity contribution < 1.29 is 26.3 Å². The van der Waals surface area contributed by atoms with Gasteiger partial charge in [-0.05, 0) is 46.3 Å². The number of benzene rings is 2. The van der Waals surface area contributed by atoms with Crippen LogP contribution in [0.4, 0.5) is 18.9 Å². The van der Waals surface area contributed by atoms with Gasteiger partial charge in [0.15, 0.2) is 0 Å². The monoisotopic (exact) mass is 409 g/mol. The normalized spacial score (nSPS) is 12.0. The number of methoxy groups -OCH3 is 1. The maximum atomic E-state index is 12.8. The summed E-state index contributed by atoms with van der Waals surface area (Å²) in [6, 6.07) is 8.52. The Morgan fingerprint density at radius 1 is 1.13 bits per heavy atom. The number of alkyl halides is 3. The molecule has 0 unspecified atom stereocenters. The molecule has 0 aliphatic rings. The van der Waals surface area contributed by atoms with Crippen LogP contribution in [0.15, 0.2) is 51.8 Å². The molecule has 0 heterocycles. The van der Waals surface area contributed by atoms with Crippen LogP contribution in [0.5, 0.6) is 5.75 Å². The Morgan fingerprint density at radius 3 is 2.35 bits per heavy atom. The number of hydrogen-bond donors (Lipinski definition) is 1. The van der Waals surface area contributed by atoms with Crippen LogP contribution in [0, 0.1) is 0 Å². The minimum atomic E-state index is -4.60. The highest BCUT2D eigenvalue weighted by Gasteiger charge is 2.32. The summed E-state index contributed by atoms with van der Waals surface area (Å²) >= 11 is 3.10. The summed E-state index contributed by atoms with van der Waals surface area (Å²) in [4.78, 5) is -0.0977. The molecule has 0 spiro atoms. The van der Waals surface area contributed by atoms with Gasteiger partial charge in [0.1, 0.15) is 10.6 Å². The van der Waals surface area contributed by atoms with Crippen molar-refractivity contribution in [3.8, 4) is 5.75 Å². The molecule has 0 radical (unpaired) electrons. The van der Waals surface area contributed by atoms with Crippen LogP contribution >= 0.6 is 15.9 Å². The molecule has 0 atom stereocenters. The molecule has 124 valence electrons. The smallest absolute Gasteiger partial charge is 0.416 e. The Hall–Kier alpha value is -1.74. The van der Waals surface area contributed by atoms with E-state index in [9.17, 15) is 21.6 Å². The molecule has 0 aliphatic carbocycles. The third-order valence-corrected chi connectivity index (χ3v) is 5.27. The van der Waals surface area contributed by atoms with E-state index in [1.54, 1.807) is 6.07 Å². The van der Waals surface area contributed by atoms with Crippen molar-refractivity contribution in [2.24, 2.45) is 0 Å². The zero-order valence-corrected chi connectivity index (χ0v) is 14.1. The zero-order chi connectivity index (χ0) is 17.3. The Balaban J connectivity index is 2.48. The lowest BCUT2D eigenvalue weighted by Gasteiger charge is -2.15. The van der Waals surface area contributed by atoms with E-state index in [2.05, 4.69) is 20.7 Å². The molecule has 1 N–H and O–H groups in total. The first-order valence-electron chi connectivity index (χ1n) is 6.18. The average Bonchev–Trinajstić information content (AvgIpc) is 2.46. The maximum absolute atomic E-state index is 12.8. The molecule has 0 amide bonds. The molecule has 2 aromatic rings. The van der Waals surface area contributed by atoms with E-state index in [0.29, 0.717) is 10.5 Å². The molecule has 0 saturated carbocycles. The van der Waals surface area contributed by atoms with Gasteiger partial charge in [0.25, 0.3) is 10.0 Å². The summed E-state index contributed by atoms with van der Waals surface area (Å²) < 4.78 is 70.5. The quantitative estimate of drug-likeness (QED) is 0.819. The Kier molecular flexibility index (Phi) is 4.90. The highest BCUT2D eigenvalue weighted by molar-refractivity contribution is 9.10. The zero-order valence-electron chi connectivity index (χ0n) is 11.7. The fourth-order valence-corrected chi connectivity index (χ4v) is 3.89. The topological polar surface area (TPSA) is 55.4 Å². The SMILES string of the molecule is COc1ccc(C(F)(F)F)cc1NS(=O)(=O)c1ccccc1Br. The predicted octanol–water partition coefficient (Wildman–Crippen LogP) is 4.28. The summed E-state index contributed by atoms with van der Waals surface area (Å²) in [6.45, 7) is 0. The Labute approximate surface area is 139 Å². The van der Waals surface area contributed by atoms with Crippen LogP contribution in [0.25, 0.3) is 0 Å². The van der Waals surface area contributed by atoms with Crippen molar-refractivity contribution >= 4 is 31.6 Å². The predicted molar refractivity (Wildman–Crippen MR) is 82.9 cm³/mol. The summed E-state index contributed by atoms with van der Waals surface area (Å²) in [5.74, 6) is -0.0198. The van der Waals surface area contributed by atoms with Crippen LogP contribution in [0.2, 0.25) is 0 Å². The molecule has 4 nitrogen and oxygen atoms in total. The van der Waals surface area contributed by atoms with Gasteiger partial charge in [-0.25, -0.2) is 8.42 Å². The molecular weight excluding hydrogens is 399 g/mol. The number of hydrogen-bond acceptors (Lipinski definition) is 3. The number of anilines is 1. The number of halogens is 4. The van der Waals surface area contributed by atoms with E-state index in [1.165, 1.54) is 25.3 Å². The van der Waals surface area contributed by atoms with Crippen LogP contribution in [-0.2, 0) is 16.2 Å². The van der Waals surface area contributed by atoms with Crippen molar-refractivity contribution in [2.45, 2.75) is 11.1 Å². The lowest BCUT2D eigenvalue weighted by molar-refractivity contribution is -0.137. The van der Waals surface area contributed by atoms with Gasteiger partial charge in [-0.15, -0.1) is 0 Å². The van der Waals surface area contributed by atoms with Gasteiger partial charge in [0.05, 0.1) is 18.4 Å². The lowest BCUT2D eigenvalue weighted by atomic mass is 10.2. The fourth-order valence-electron chi connectivity index (χ4n) is 1.83. The molecule has 0 fully saturated rings. The summed E-state index contributed by atoms with van der Waals surface area (Å²) in [7, 11) is -2.85. The third kappa shape index (κ3) is 3.97. The van der Waals surface area contributed by atoms with E-state index in [0.717, 1.165) is 12.1 Å². The highest BCUT2D eigenvalue weighted by atomic mass is 79.9. The second kappa shape index (κ2) is 6.40. The first-order valence-corrected chi connectivity index (χ1v) is 8.45. The van der Waals surface area contributed by atoms with E-state index in [-0.39, 0.29) is 16.3 Å². The van der Waals surface area contributed by atoms with Gasteiger partial charge in [-0.2, -0.15) is 13.2 Å². The molecule has 0 aromatic heterocycles. The summed E-state index contributed by atoms with van der Waals surface area (Å²) in [5, 5.41) is 0. The van der Waals surface area contributed by atoms with Crippen molar-refractivity contribution in [2.75, 3.05) is 11.8 Å².